The van der Waals surface area contributed by atoms with Gasteiger partial charge in [-0.25, -0.2) is 0 Å². The highest BCUT2D eigenvalue weighted by molar-refractivity contribution is 7.35. The second-order valence-corrected chi connectivity index (χ2v) is 25.6. The Morgan fingerprint density at radius 1 is 0.213 bits per heavy atom. The van der Waals surface area contributed by atoms with Crippen LogP contribution in [0.3, 0.4) is 0 Å². The van der Waals surface area contributed by atoms with E-state index in [4.69, 9.17) is 0 Å². The van der Waals surface area contributed by atoms with Gasteiger partial charge in [0.2, 0.25) is 0 Å². The molecule has 0 unspecified atom stereocenters. The fraction of sp³-hybridized carbons (Fsp3) is 0. The molecule has 12 aromatic carbocycles. The van der Waals surface area contributed by atoms with Crippen molar-refractivity contribution in [3.8, 4) is 67.0 Å². The Labute approximate surface area is 528 Å². The topological polar surface area (TPSA) is 16.3 Å². The van der Waals surface area contributed by atoms with Crippen molar-refractivity contribution in [1.82, 2.24) is 9.13 Å². The molecule has 0 N–H and O–H groups in total. The lowest BCUT2D eigenvalue weighted by Gasteiger charge is -2.24. The van der Waals surface area contributed by atoms with Crippen LogP contribution in [0.5, 0.6) is 0 Å². The predicted octanol–water partition coefficient (Wildman–Crippen LogP) is 24.5. The Morgan fingerprint density at radius 3 is 0.888 bits per heavy atom. The minimum Gasteiger partial charge on any atom is -0.305 e. The van der Waals surface area contributed by atoms with Gasteiger partial charge in [-0.1, -0.05) is 237 Å². The van der Waals surface area contributed by atoms with Crippen molar-refractivity contribution in [2.45, 2.75) is 0 Å². The van der Waals surface area contributed by atoms with Gasteiger partial charge in [0, 0.05) is 34.1 Å². The van der Waals surface area contributed by atoms with E-state index in [1.165, 1.54) is 107 Å². The molecule has 17 rings (SSSR count). The molecule has 0 radical (unpaired) electrons. The van der Waals surface area contributed by atoms with Crippen molar-refractivity contribution in [1.29, 1.82) is 0 Å². The zero-order chi connectivity index (χ0) is 58.8. The van der Waals surface area contributed by atoms with Gasteiger partial charge < -0.3 is 18.9 Å². The smallest absolute Gasteiger partial charge is 0.103 e. The lowest BCUT2D eigenvalue weighted by Crippen LogP contribution is -2.08. The van der Waals surface area contributed by atoms with Crippen LogP contribution >= 0.6 is 34.0 Å². The largest absolute Gasteiger partial charge is 0.305 e. The van der Waals surface area contributed by atoms with Gasteiger partial charge in [0.15, 0.2) is 0 Å². The summed E-state index contributed by atoms with van der Waals surface area (Å²) < 4.78 is 10.1. The van der Waals surface area contributed by atoms with Crippen molar-refractivity contribution >= 4 is 118 Å². The van der Waals surface area contributed by atoms with E-state index in [9.17, 15) is 0 Å². The zero-order valence-electron chi connectivity index (χ0n) is 48.2. The van der Waals surface area contributed by atoms with Gasteiger partial charge in [-0.2, -0.15) is 0 Å². The first-order chi connectivity index (χ1) is 44.1. The summed E-state index contributed by atoms with van der Waals surface area (Å²) in [5.41, 5.74) is 23.3. The molecule has 0 bridgehead atoms. The molecule has 5 heterocycles. The lowest BCUT2D eigenvalue weighted by molar-refractivity contribution is 1.15. The SMILES string of the molecule is c1ccc(-c2ccc(N(c3ccc(-c4ccccc4)cc3)c3cc4c(s3)c3sc5c6sc(N(c7ccc(-c8ccccc8)cc7)c7ccc(-c8ccccc8)cc7)cc6n(-c6ccc(-c7ccc8ccccc8c7)cc6)c5c3n4-c3ccccc3)cc2)cc1. The number of fused-ring (bicyclic) bond motifs is 8. The van der Waals surface area contributed by atoms with E-state index in [1.807, 2.05) is 34.0 Å². The number of aromatic nitrogens is 2. The van der Waals surface area contributed by atoms with Crippen LogP contribution in [-0.2, 0) is 0 Å². The Hall–Kier alpha value is -10.8. The summed E-state index contributed by atoms with van der Waals surface area (Å²) >= 11 is 5.67. The number of nitrogens with zero attached hydrogens (tertiary/aromatic N) is 4. The number of hydrogen-bond acceptors (Lipinski definition) is 5. The molecule has 0 aliphatic rings. The van der Waals surface area contributed by atoms with Crippen LogP contribution in [0.15, 0.2) is 328 Å². The maximum absolute atomic E-state index is 2.56. The van der Waals surface area contributed by atoms with Crippen molar-refractivity contribution in [2.75, 3.05) is 9.80 Å². The van der Waals surface area contributed by atoms with E-state index in [2.05, 4.69) is 347 Å². The standard InChI is InChI=1S/C82H54N4S3/c1-6-18-55(19-7-1)60-32-42-68(43-33-60)83(69-44-34-61(35-45-69)56-20-8-2-9-21-56)75-53-73-79(87-75)81-77(85(73)67-28-14-5-15-29-67)78-82(89-81)80-74(86(78)72-50-40-64(41-51-72)66-31-30-59-26-16-17-27-65(59)52-66)54-76(88-80)84(70-46-36-62(37-47-70)57-22-10-3-11-23-57)71-48-38-63(39-49-71)58-24-12-4-13-25-58/h1-54H. The fourth-order valence-corrected chi connectivity index (χ4v) is 16.7. The second-order valence-electron chi connectivity index (χ2n) is 22.5. The molecule has 0 saturated heterocycles. The summed E-state index contributed by atoms with van der Waals surface area (Å²) in [6.07, 6.45) is 0. The van der Waals surface area contributed by atoms with Crippen molar-refractivity contribution in [2.24, 2.45) is 0 Å². The van der Waals surface area contributed by atoms with Gasteiger partial charge >= 0.3 is 0 Å². The van der Waals surface area contributed by atoms with Gasteiger partial charge in [0.05, 0.1) is 40.9 Å². The van der Waals surface area contributed by atoms with Crippen LogP contribution in [0.2, 0.25) is 0 Å². The Balaban J connectivity index is 0.880. The highest BCUT2D eigenvalue weighted by Crippen LogP contribution is 2.55. The summed E-state index contributed by atoms with van der Waals surface area (Å²) in [5.74, 6) is 0. The van der Waals surface area contributed by atoms with E-state index in [1.54, 1.807) is 0 Å². The summed E-state index contributed by atoms with van der Waals surface area (Å²) in [6.45, 7) is 0. The molecule has 420 valence electrons. The van der Waals surface area contributed by atoms with E-state index in [0.717, 1.165) is 44.1 Å². The molecule has 0 fully saturated rings. The van der Waals surface area contributed by atoms with Gasteiger partial charge in [-0.3, -0.25) is 0 Å². The highest BCUT2D eigenvalue weighted by Gasteiger charge is 2.30. The third kappa shape index (κ3) is 9.43. The maximum Gasteiger partial charge on any atom is 0.103 e. The van der Waals surface area contributed by atoms with Crippen molar-refractivity contribution in [3.05, 3.63) is 328 Å². The quantitative estimate of drug-likeness (QED) is 0.114. The first kappa shape index (κ1) is 52.5. The van der Waals surface area contributed by atoms with E-state index >= 15 is 0 Å². The molecule has 0 spiro atoms. The molecule has 0 saturated carbocycles. The number of hydrogen-bond donors (Lipinski definition) is 0. The minimum absolute atomic E-state index is 1.09. The third-order valence-corrected chi connectivity index (χ3v) is 20.9. The first-order valence-electron chi connectivity index (χ1n) is 30.0. The maximum atomic E-state index is 2.56. The second kappa shape index (κ2) is 22.2. The Bertz CT molecular complexity index is 5190. The average Bonchev–Trinajstić information content (AvgIpc) is 1.54. The molecule has 0 amide bonds. The third-order valence-electron chi connectivity index (χ3n) is 17.2. The summed E-state index contributed by atoms with van der Waals surface area (Å²) in [5, 5.41) is 4.75. The zero-order valence-corrected chi connectivity index (χ0v) is 50.6. The number of anilines is 6. The number of rotatable bonds is 13. The molecular formula is C82H54N4S3. The van der Waals surface area contributed by atoms with E-state index < -0.39 is 0 Å². The van der Waals surface area contributed by atoms with Crippen molar-refractivity contribution < 1.29 is 0 Å². The molecular weight excluding hydrogens is 1140 g/mol. The van der Waals surface area contributed by atoms with Gasteiger partial charge in [0.1, 0.15) is 10.0 Å². The number of para-hydroxylation sites is 1. The van der Waals surface area contributed by atoms with Crippen LogP contribution in [0.25, 0.3) is 119 Å². The first-order valence-corrected chi connectivity index (χ1v) is 32.5. The summed E-state index contributed by atoms with van der Waals surface area (Å²) in [4.78, 5) is 4.89. The van der Waals surface area contributed by atoms with Gasteiger partial charge in [-0.05, 0) is 157 Å². The molecule has 89 heavy (non-hydrogen) atoms. The molecule has 0 aliphatic heterocycles. The van der Waals surface area contributed by atoms with Crippen molar-refractivity contribution in [3.63, 3.8) is 0 Å². The van der Waals surface area contributed by atoms with Crippen LogP contribution < -0.4 is 9.80 Å². The van der Waals surface area contributed by atoms with Gasteiger partial charge in [0.25, 0.3) is 0 Å². The Morgan fingerprint density at radius 2 is 0.506 bits per heavy atom. The predicted molar refractivity (Wildman–Crippen MR) is 383 cm³/mol. The van der Waals surface area contributed by atoms with Crippen LogP contribution in [0.4, 0.5) is 32.8 Å². The average molecular weight is 1190 g/mol. The Kier molecular flexibility index (Phi) is 13.1. The molecule has 0 atom stereocenters. The van der Waals surface area contributed by atoms with E-state index in [-0.39, 0.29) is 0 Å². The van der Waals surface area contributed by atoms with Gasteiger partial charge in [-0.15, -0.1) is 34.0 Å². The van der Waals surface area contributed by atoms with Crippen LogP contribution in [-0.4, -0.2) is 9.13 Å². The molecule has 17 aromatic rings. The minimum atomic E-state index is 1.09. The van der Waals surface area contributed by atoms with Crippen LogP contribution in [0.1, 0.15) is 0 Å². The normalized spacial score (nSPS) is 11.6. The highest BCUT2D eigenvalue weighted by atomic mass is 32.1. The molecule has 0 aliphatic carbocycles. The monoisotopic (exact) mass is 1190 g/mol. The number of benzene rings is 12. The lowest BCUT2D eigenvalue weighted by atomic mass is 10.0. The summed E-state index contributed by atoms with van der Waals surface area (Å²) in [6, 6.07) is 119. The summed E-state index contributed by atoms with van der Waals surface area (Å²) in [7, 11) is 0. The number of thiophene rings is 3. The van der Waals surface area contributed by atoms with E-state index in [0.29, 0.717) is 0 Å². The fourth-order valence-electron chi connectivity index (χ4n) is 12.8. The molecule has 7 heteroatoms. The molecule has 5 aromatic heterocycles. The van der Waals surface area contributed by atoms with Crippen LogP contribution in [0, 0.1) is 0 Å². The molecule has 4 nitrogen and oxygen atoms in total.